The Balaban J connectivity index is 1.46. The van der Waals surface area contributed by atoms with Gasteiger partial charge >= 0.3 is 5.97 Å². The molecule has 1 aliphatic rings. The minimum atomic E-state index is -0.598. The predicted molar refractivity (Wildman–Crippen MR) is 112 cm³/mol. The molecule has 0 saturated heterocycles. The molecule has 1 aromatic carbocycles. The summed E-state index contributed by atoms with van der Waals surface area (Å²) in [4.78, 5) is 28.6. The maximum Gasteiger partial charge on any atom is 0.379 e. The average Bonchev–Trinajstić information content (AvgIpc) is 3.15. The lowest BCUT2D eigenvalue weighted by molar-refractivity contribution is -0.123. The second-order valence-corrected chi connectivity index (χ2v) is 6.98. The third-order valence-corrected chi connectivity index (χ3v) is 4.78. The third-order valence-electron chi connectivity index (χ3n) is 4.78. The molecule has 4 rings (SSSR count). The van der Waals surface area contributed by atoms with Crippen molar-refractivity contribution in [1.29, 1.82) is 0 Å². The first-order valence-corrected chi connectivity index (χ1v) is 9.90. The van der Waals surface area contributed by atoms with E-state index in [4.69, 9.17) is 13.9 Å². The van der Waals surface area contributed by atoms with Crippen LogP contribution in [0.15, 0.2) is 64.4 Å². The molecular weight excluding hydrogens is 398 g/mol. The van der Waals surface area contributed by atoms with Crippen molar-refractivity contribution in [3.63, 3.8) is 0 Å². The summed E-state index contributed by atoms with van der Waals surface area (Å²) in [5.74, 6) is 0.756. The Bertz CT molecular complexity index is 1110. The van der Waals surface area contributed by atoms with Crippen LogP contribution in [-0.2, 0) is 11.2 Å². The highest BCUT2D eigenvalue weighted by Gasteiger charge is 2.29. The van der Waals surface area contributed by atoms with E-state index in [2.05, 4.69) is 15.5 Å². The molecule has 3 aromatic rings. The number of nitrogens with zero attached hydrogens (tertiary/aromatic N) is 2. The van der Waals surface area contributed by atoms with E-state index < -0.39 is 5.97 Å². The van der Waals surface area contributed by atoms with Crippen LogP contribution >= 0.6 is 0 Å². The molecule has 2 aromatic heterocycles. The third kappa shape index (κ3) is 4.80. The molecule has 158 valence electrons. The van der Waals surface area contributed by atoms with Gasteiger partial charge in [-0.25, -0.2) is 10.2 Å². The number of furan rings is 1. The van der Waals surface area contributed by atoms with E-state index in [1.165, 1.54) is 6.20 Å². The monoisotopic (exact) mass is 419 g/mol. The second kappa shape index (κ2) is 9.25. The van der Waals surface area contributed by atoms with Crippen LogP contribution < -0.4 is 14.9 Å². The number of fused-ring (bicyclic) bond motifs is 1. The van der Waals surface area contributed by atoms with E-state index in [1.54, 1.807) is 37.4 Å². The first-order valence-electron chi connectivity index (χ1n) is 9.90. The van der Waals surface area contributed by atoms with Crippen LogP contribution in [0.2, 0.25) is 0 Å². The molecular formula is C23H21N3O5. The number of para-hydroxylation sites is 1. The molecule has 0 bridgehead atoms. The molecule has 0 radical (unpaired) electrons. The Morgan fingerprint density at radius 3 is 2.71 bits per heavy atom. The molecule has 0 spiro atoms. The molecule has 0 fully saturated rings. The van der Waals surface area contributed by atoms with Crippen LogP contribution in [0, 0.1) is 6.92 Å². The highest BCUT2D eigenvalue weighted by atomic mass is 16.5. The Morgan fingerprint density at radius 1 is 1.13 bits per heavy atom. The maximum absolute atomic E-state index is 12.6. The zero-order chi connectivity index (χ0) is 21.6. The van der Waals surface area contributed by atoms with E-state index in [0.717, 1.165) is 12.0 Å². The van der Waals surface area contributed by atoms with Crippen molar-refractivity contribution >= 4 is 17.6 Å². The van der Waals surface area contributed by atoms with Crippen LogP contribution in [0.3, 0.4) is 0 Å². The molecule has 1 amide bonds. The SMILES string of the molecule is Cc1c(C(=O)Oc2cccnc2)oc2c1/C(=N/NC(=O)COc1ccccc1)CCC2. The fourth-order valence-corrected chi connectivity index (χ4v) is 3.36. The minimum Gasteiger partial charge on any atom is -0.484 e. The Morgan fingerprint density at radius 2 is 1.94 bits per heavy atom. The number of amides is 1. The average molecular weight is 419 g/mol. The number of esters is 1. The molecule has 1 aliphatic carbocycles. The molecule has 0 atom stereocenters. The molecule has 8 heteroatoms. The van der Waals surface area contributed by atoms with Crippen LogP contribution in [0.4, 0.5) is 0 Å². The van der Waals surface area contributed by atoms with Gasteiger partial charge in [0.05, 0.1) is 11.9 Å². The molecule has 31 heavy (non-hydrogen) atoms. The van der Waals surface area contributed by atoms with Gasteiger partial charge in [0.25, 0.3) is 5.91 Å². The molecule has 1 N–H and O–H groups in total. The summed E-state index contributed by atoms with van der Waals surface area (Å²) >= 11 is 0. The topological polar surface area (TPSA) is 103 Å². The van der Waals surface area contributed by atoms with Crippen molar-refractivity contribution in [3.05, 3.63) is 77.5 Å². The van der Waals surface area contributed by atoms with E-state index >= 15 is 0 Å². The van der Waals surface area contributed by atoms with Crippen molar-refractivity contribution in [2.45, 2.75) is 26.2 Å². The predicted octanol–water partition coefficient (Wildman–Crippen LogP) is 3.44. The minimum absolute atomic E-state index is 0.127. The van der Waals surface area contributed by atoms with E-state index in [1.807, 2.05) is 18.2 Å². The number of ether oxygens (including phenoxy) is 2. The number of hydrogen-bond donors (Lipinski definition) is 1. The van der Waals surface area contributed by atoms with Crippen LogP contribution in [-0.4, -0.2) is 29.2 Å². The number of aryl methyl sites for hydroxylation is 1. The summed E-state index contributed by atoms with van der Waals surface area (Å²) in [6.45, 7) is 1.63. The largest absolute Gasteiger partial charge is 0.484 e. The lowest BCUT2D eigenvalue weighted by Gasteiger charge is -2.13. The van der Waals surface area contributed by atoms with Gasteiger partial charge in [0.2, 0.25) is 5.76 Å². The second-order valence-electron chi connectivity index (χ2n) is 6.98. The number of carbonyl (C=O) groups excluding carboxylic acids is 2. The van der Waals surface area contributed by atoms with Crippen molar-refractivity contribution in [2.24, 2.45) is 5.10 Å². The summed E-state index contributed by atoms with van der Waals surface area (Å²) in [7, 11) is 0. The number of aromatic nitrogens is 1. The highest BCUT2D eigenvalue weighted by molar-refractivity contribution is 6.06. The van der Waals surface area contributed by atoms with Gasteiger partial charge in [-0.1, -0.05) is 18.2 Å². The number of rotatable bonds is 6. The fourth-order valence-electron chi connectivity index (χ4n) is 3.36. The normalized spacial score (nSPS) is 14.0. The summed E-state index contributed by atoms with van der Waals surface area (Å²) < 4.78 is 16.6. The number of nitrogens with one attached hydrogen (secondary N) is 1. The molecule has 0 unspecified atom stereocenters. The van der Waals surface area contributed by atoms with Gasteiger partial charge in [-0.2, -0.15) is 5.10 Å². The summed E-state index contributed by atoms with van der Waals surface area (Å²) in [6, 6.07) is 12.4. The van der Waals surface area contributed by atoms with Crippen molar-refractivity contribution in [3.8, 4) is 11.5 Å². The Hall–Kier alpha value is -3.94. The van der Waals surface area contributed by atoms with Crippen LogP contribution in [0.5, 0.6) is 11.5 Å². The number of hydrazone groups is 1. The number of pyridine rings is 1. The number of carbonyl (C=O) groups is 2. The zero-order valence-electron chi connectivity index (χ0n) is 17.0. The number of benzene rings is 1. The van der Waals surface area contributed by atoms with Gasteiger partial charge in [-0.15, -0.1) is 0 Å². The quantitative estimate of drug-likeness (QED) is 0.485. The van der Waals surface area contributed by atoms with Crippen LogP contribution in [0.1, 0.15) is 40.3 Å². The van der Waals surface area contributed by atoms with Gasteiger partial charge in [0.1, 0.15) is 17.3 Å². The van der Waals surface area contributed by atoms with Gasteiger partial charge in [-0.05, 0) is 44.0 Å². The van der Waals surface area contributed by atoms with E-state index in [0.29, 0.717) is 41.4 Å². The van der Waals surface area contributed by atoms with Gasteiger partial charge in [0.15, 0.2) is 6.61 Å². The Labute approximate surface area is 178 Å². The maximum atomic E-state index is 12.6. The molecule has 2 heterocycles. The van der Waals surface area contributed by atoms with Gasteiger partial charge < -0.3 is 13.9 Å². The summed E-state index contributed by atoms with van der Waals surface area (Å²) in [5, 5.41) is 4.27. The molecule has 0 aliphatic heterocycles. The highest BCUT2D eigenvalue weighted by Crippen LogP contribution is 2.30. The standard InChI is InChI=1S/C23H21N3O5/c1-15-21-18(25-26-20(27)14-29-16-7-3-2-4-8-16)10-5-11-19(21)31-22(15)23(28)30-17-9-6-12-24-13-17/h2-4,6-9,12-13H,5,10-11,14H2,1H3,(H,26,27)/b25-18+. The molecule has 8 nitrogen and oxygen atoms in total. The van der Waals surface area contributed by atoms with Crippen molar-refractivity contribution in [2.75, 3.05) is 6.61 Å². The lowest BCUT2D eigenvalue weighted by Crippen LogP contribution is -2.27. The fraction of sp³-hybridized carbons (Fsp3) is 0.217. The summed E-state index contributed by atoms with van der Waals surface area (Å²) in [5.41, 5.74) is 4.57. The van der Waals surface area contributed by atoms with E-state index in [9.17, 15) is 9.59 Å². The van der Waals surface area contributed by atoms with Crippen molar-refractivity contribution in [1.82, 2.24) is 10.4 Å². The number of hydrogen-bond acceptors (Lipinski definition) is 7. The lowest BCUT2D eigenvalue weighted by atomic mass is 9.93. The first kappa shape index (κ1) is 20.3. The zero-order valence-corrected chi connectivity index (χ0v) is 17.0. The van der Waals surface area contributed by atoms with Crippen molar-refractivity contribution < 1.29 is 23.5 Å². The first-order chi connectivity index (χ1) is 15.1. The summed E-state index contributed by atoms with van der Waals surface area (Å²) in [6.07, 6.45) is 5.18. The van der Waals surface area contributed by atoms with Gasteiger partial charge in [-0.3, -0.25) is 9.78 Å². The van der Waals surface area contributed by atoms with E-state index in [-0.39, 0.29) is 18.3 Å². The Kier molecular flexibility index (Phi) is 6.07. The molecule has 0 saturated carbocycles. The smallest absolute Gasteiger partial charge is 0.379 e. The van der Waals surface area contributed by atoms with Gasteiger partial charge in [0, 0.05) is 23.7 Å². The van der Waals surface area contributed by atoms with Crippen LogP contribution in [0.25, 0.3) is 0 Å².